The topological polar surface area (TPSA) is 35.2 Å². The van der Waals surface area contributed by atoms with Gasteiger partial charge in [0.05, 0.1) is 6.61 Å². The highest BCUT2D eigenvalue weighted by molar-refractivity contribution is 5.26. The van der Waals surface area contributed by atoms with E-state index in [9.17, 15) is 0 Å². The molecular weight excluding hydrogens is 210 g/mol. The van der Waals surface area contributed by atoms with Crippen LogP contribution in [0.5, 0.6) is 0 Å². The summed E-state index contributed by atoms with van der Waals surface area (Å²) in [4.78, 5) is 0. The van der Waals surface area contributed by atoms with Crippen molar-refractivity contribution in [3.63, 3.8) is 0 Å². The van der Waals surface area contributed by atoms with Crippen LogP contribution in [0.25, 0.3) is 0 Å². The van der Waals surface area contributed by atoms with Gasteiger partial charge in [0.2, 0.25) is 0 Å². The van der Waals surface area contributed by atoms with Crippen LogP contribution in [0.3, 0.4) is 0 Å². The van der Waals surface area contributed by atoms with Gasteiger partial charge in [0.1, 0.15) is 0 Å². The molecular formula is C15H23NO. The highest BCUT2D eigenvalue weighted by Gasteiger charge is 2.13. The molecule has 1 fully saturated rings. The Kier molecular flexibility index (Phi) is 5.02. The molecule has 1 saturated carbocycles. The van der Waals surface area contributed by atoms with Crippen molar-refractivity contribution >= 4 is 0 Å². The second-order valence-electron chi connectivity index (χ2n) is 4.99. The number of benzene rings is 1. The lowest BCUT2D eigenvalue weighted by Crippen LogP contribution is -2.13. The first-order valence-electron chi connectivity index (χ1n) is 6.74. The molecule has 2 nitrogen and oxygen atoms in total. The maximum Gasteiger partial charge on any atom is 0.0720 e. The fraction of sp³-hybridized carbons (Fsp3) is 0.600. The van der Waals surface area contributed by atoms with E-state index in [1.165, 1.54) is 43.2 Å². The number of hydrogen-bond donors (Lipinski definition) is 1. The maximum atomic E-state index is 5.85. The quantitative estimate of drug-likeness (QED) is 0.847. The molecule has 2 heteroatoms. The summed E-state index contributed by atoms with van der Waals surface area (Å²) in [5, 5.41) is 0. The molecule has 2 rings (SSSR count). The molecule has 1 aliphatic rings. The van der Waals surface area contributed by atoms with E-state index in [1.54, 1.807) is 0 Å². The molecule has 0 unspecified atom stereocenters. The molecule has 1 aromatic rings. The minimum Gasteiger partial charge on any atom is -0.376 e. The molecule has 94 valence electrons. The third-order valence-electron chi connectivity index (χ3n) is 3.67. The Morgan fingerprint density at radius 3 is 2.47 bits per heavy atom. The van der Waals surface area contributed by atoms with E-state index in [0.29, 0.717) is 13.2 Å². The van der Waals surface area contributed by atoms with Gasteiger partial charge in [0.25, 0.3) is 0 Å². The first-order valence-corrected chi connectivity index (χ1v) is 6.74. The summed E-state index contributed by atoms with van der Waals surface area (Å²) in [6, 6.07) is 8.29. The van der Waals surface area contributed by atoms with Crippen molar-refractivity contribution in [2.45, 2.75) is 45.3 Å². The van der Waals surface area contributed by atoms with Gasteiger partial charge >= 0.3 is 0 Å². The third kappa shape index (κ3) is 3.83. The fourth-order valence-corrected chi connectivity index (χ4v) is 2.59. The largest absolute Gasteiger partial charge is 0.376 e. The SMILES string of the molecule is NCc1ccccc1COCC1CCCCC1. The van der Waals surface area contributed by atoms with Crippen LogP contribution in [-0.2, 0) is 17.9 Å². The van der Waals surface area contributed by atoms with Gasteiger partial charge in [-0.05, 0) is 29.9 Å². The van der Waals surface area contributed by atoms with Crippen molar-refractivity contribution in [3.8, 4) is 0 Å². The summed E-state index contributed by atoms with van der Waals surface area (Å²) < 4.78 is 5.85. The first-order chi connectivity index (χ1) is 8.40. The van der Waals surface area contributed by atoms with E-state index in [-0.39, 0.29) is 0 Å². The normalized spacial score (nSPS) is 17.2. The van der Waals surface area contributed by atoms with Crippen molar-refractivity contribution in [2.75, 3.05) is 6.61 Å². The Balaban J connectivity index is 1.77. The van der Waals surface area contributed by atoms with Crippen LogP contribution < -0.4 is 5.73 Å². The molecule has 0 aliphatic heterocycles. The van der Waals surface area contributed by atoms with Crippen molar-refractivity contribution in [2.24, 2.45) is 11.7 Å². The fourth-order valence-electron chi connectivity index (χ4n) is 2.59. The summed E-state index contributed by atoms with van der Waals surface area (Å²) in [6.45, 7) is 2.23. The van der Waals surface area contributed by atoms with E-state index in [4.69, 9.17) is 10.5 Å². The van der Waals surface area contributed by atoms with Crippen LogP contribution in [-0.4, -0.2) is 6.61 Å². The number of ether oxygens (including phenoxy) is 1. The molecule has 0 bridgehead atoms. The minimum absolute atomic E-state index is 0.600. The van der Waals surface area contributed by atoms with Gasteiger partial charge in [-0.2, -0.15) is 0 Å². The van der Waals surface area contributed by atoms with Gasteiger partial charge in [-0.1, -0.05) is 43.5 Å². The highest BCUT2D eigenvalue weighted by Crippen LogP contribution is 2.24. The third-order valence-corrected chi connectivity index (χ3v) is 3.67. The van der Waals surface area contributed by atoms with E-state index in [2.05, 4.69) is 18.2 Å². The van der Waals surface area contributed by atoms with Crippen LogP contribution in [0.2, 0.25) is 0 Å². The van der Waals surface area contributed by atoms with Crippen LogP contribution in [0.15, 0.2) is 24.3 Å². The zero-order chi connectivity index (χ0) is 11.9. The van der Waals surface area contributed by atoms with Crippen molar-refractivity contribution in [1.29, 1.82) is 0 Å². The highest BCUT2D eigenvalue weighted by atomic mass is 16.5. The lowest BCUT2D eigenvalue weighted by molar-refractivity contribution is 0.0735. The molecule has 0 heterocycles. The summed E-state index contributed by atoms with van der Waals surface area (Å²) in [5.74, 6) is 0.786. The van der Waals surface area contributed by atoms with Crippen LogP contribution >= 0.6 is 0 Å². The number of hydrogen-bond acceptors (Lipinski definition) is 2. The molecule has 0 saturated heterocycles. The van der Waals surface area contributed by atoms with Crippen molar-refractivity contribution in [1.82, 2.24) is 0 Å². The molecule has 0 radical (unpaired) electrons. The minimum atomic E-state index is 0.600. The lowest BCUT2D eigenvalue weighted by atomic mass is 9.90. The van der Waals surface area contributed by atoms with Crippen LogP contribution in [0, 0.1) is 5.92 Å². The number of nitrogens with two attached hydrogens (primary N) is 1. The zero-order valence-corrected chi connectivity index (χ0v) is 10.5. The van der Waals surface area contributed by atoms with Gasteiger partial charge in [-0.15, -0.1) is 0 Å². The predicted molar refractivity (Wildman–Crippen MR) is 70.6 cm³/mol. The van der Waals surface area contributed by atoms with Gasteiger partial charge < -0.3 is 10.5 Å². The van der Waals surface area contributed by atoms with Crippen LogP contribution in [0.4, 0.5) is 0 Å². The Labute approximate surface area is 104 Å². The Hall–Kier alpha value is -0.860. The molecule has 2 N–H and O–H groups in total. The first kappa shape index (κ1) is 12.6. The second kappa shape index (κ2) is 6.77. The zero-order valence-electron chi connectivity index (χ0n) is 10.5. The molecule has 1 aliphatic carbocycles. The molecule has 0 spiro atoms. The molecule has 1 aromatic carbocycles. The molecule has 0 amide bonds. The Bertz CT molecular complexity index is 331. The van der Waals surface area contributed by atoms with E-state index in [1.807, 2.05) is 6.07 Å². The van der Waals surface area contributed by atoms with Gasteiger partial charge in [0.15, 0.2) is 0 Å². The molecule has 0 atom stereocenters. The van der Waals surface area contributed by atoms with Crippen molar-refractivity contribution in [3.05, 3.63) is 35.4 Å². The summed E-state index contributed by atoms with van der Waals surface area (Å²) in [5.41, 5.74) is 8.16. The average molecular weight is 233 g/mol. The smallest absolute Gasteiger partial charge is 0.0720 e. The standard InChI is InChI=1S/C15H23NO/c16-10-14-8-4-5-9-15(14)12-17-11-13-6-2-1-3-7-13/h4-5,8-9,13H,1-3,6-7,10-12,16H2. The summed E-state index contributed by atoms with van der Waals surface area (Å²) >= 11 is 0. The number of rotatable bonds is 5. The molecule has 0 aromatic heterocycles. The van der Waals surface area contributed by atoms with E-state index >= 15 is 0 Å². The summed E-state index contributed by atoms with van der Waals surface area (Å²) in [7, 11) is 0. The maximum absolute atomic E-state index is 5.85. The molecule has 17 heavy (non-hydrogen) atoms. The Morgan fingerprint density at radius 1 is 1.06 bits per heavy atom. The van der Waals surface area contributed by atoms with Crippen LogP contribution in [0.1, 0.15) is 43.2 Å². The van der Waals surface area contributed by atoms with Crippen molar-refractivity contribution < 1.29 is 4.74 Å². The van der Waals surface area contributed by atoms with Gasteiger partial charge in [-0.25, -0.2) is 0 Å². The monoisotopic (exact) mass is 233 g/mol. The Morgan fingerprint density at radius 2 is 1.76 bits per heavy atom. The van der Waals surface area contributed by atoms with Gasteiger partial charge in [-0.3, -0.25) is 0 Å². The average Bonchev–Trinajstić information content (AvgIpc) is 2.40. The van der Waals surface area contributed by atoms with Gasteiger partial charge in [0, 0.05) is 13.2 Å². The predicted octanol–water partition coefficient (Wildman–Crippen LogP) is 3.24. The lowest BCUT2D eigenvalue weighted by Gasteiger charge is -2.21. The van der Waals surface area contributed by atoms with E-state index in [0.717, 1.165) is 12.5 Å². The summed E-state index contributed by atoms with van der Waals surface area (Å²) in [6.07, 6.45) is 6.87. The van der Waals surface area contributed by atoms with E-state index < -0.39 is 0 Å². The second-order valence-corrected chi connectivity index (χ2v) is 4.99.